The van der Waals surface area contributed by atoms with Crippen LogP contribution in [0.1, 0.15) is 10.4 Å². The molecule has 0 aliphatic rings. The number of para-hydroxylation sites is 1. The van der Waals surface area contributed by atoms with Gasteiger partial charge in [0.1, 0.15) is 30.3 Å². The Labute approximate surface area is 135 Å². The van der Waals surface area contributed by atoms with E-state index in [1.807, 2.05) is 12.1 Å². The van der Waals surface area contributed by atoms with Crippen LogP contribution in [0.4, 0.5) is 0 Å². The lowest BCUT2D eigenvalue weighted by Gasteiger charge is -2.11. The molecule has 0 spiro atoms. The molecular formula is C15H12BrClO4. The van der Waals surface area contributed by atoms with E-state index in [2.05, 4.69) is 15.9 Å². The molecule has 0 bridgehead atoms. The second-order valence-corrected chi connectivity index (χ2v) is 5.40. The van der Waals surface area contributed by atoms with Crippen molar-refractivity contribution in [2.75, 3.05) is 13.2 Å². The minimum Gasteiger partial charge on any atom is -0.489 e. The molecular weight excluding hydrogens is 360 g/mol. The van der Waals surface area contributed by atoms with Crippen molar-refractivity contribution in [2.45, 2.75) is 0 Å². The largest absolute Gasteiger partial charge is 0.489 e. The molecule has 0 amide bonds. The van der Waals surface area contributed by atoms with E-state index in [0.29, 0.717) is 21.0 Å². The summed E-state index contributed by atoms with van der Waals surface area (Å²) in [5.74, 6) is -0.177. The third kappa shape index (κ3) is 4.37. The standard InChI is InChI=1S/C15H12BrClO4/c16-10-5-6-13(11(9-10)15(18)19)20-7-8-21-14-4-2-1-3-12(14)17/h1-6,9H,7-8H2,(H,18,19). The maximum atomic E-state index is 11.1. The van der Waals surface area contributed by atoms with E-state index in [9.17, 15) is 4.79 Å². The average molecular weight is 372 g/mol. The first-order chi connectivity index (χ1) is 10.1. The second-order valence-electron chi connectivity index (χ2n) is 4.07. The van der Waals surface area contributed by atoms with Crippen LogP contribution < -0.4 is 9.47 Å². The Morgan fingerprint density at radius 2 is 1.76 bits per heavy atom. The Morgan fingerprint density at radius 1 is 1.10 bits per heavy atom. The minimum absolute atomic E-state index is 0.0992. The fourth-order valence-corrected chi connectivity index (χ4v) is 2.21. The molecule has 0 aliphatic carbocycles. The molecule has 0 saturated heterocycles. The Morgan fingerprint density at radius 3 is 2.43 bits per heavy atom. The molecule has 0 fully saturated rings. The molecule has 2 aromatic carbocycles. The quantitative estimate of drug-likeness (QED) is 0.771. The molecule has 0 aliphatic heterocycles. The summed E-state index contributed by atoms with van der Waals surface area (Å²) in [7, 11) is 0. The summed E-state index contributed by atoms with van der Waals surface area (Å²) in [6, 6.07) is 11.9. The van der Waals surface area contributed by atoms with Crippen LogP contribution in [-0.2, 0) is 0 Å². The highest BCUT2D eigenvalue weighted by Crippen LogP contribution is 2.24. The van der Waals surface area contributed by atoms with Crippen LogP contribution in [-0.4, -0.2) is 24.3 Å². The molecule has 0 aromatic heterocycles. The van der Waals surface area contributed by atoms with Crippen LogP contribution in [0.2, 0.25) is 5.02 Å². The van der Waals surface area contributed by atoms with Gasteiger partial charge in [-0.3, -0.25) is 0 Å². The number of carbonyl (C=O) groups is 1. The number of rotatable bonds is 6. The van der Waals surface area contributed by atoms with Crippen LogP contribution in [0, 0.1) is 0 Å². The van der Waals surface area contributed by atoms with E-state index >= 15 is 0 Å². The van der Waals surface area contributed by atoms with Crippen LogP contribution in [0.15, 0.2) is 46.9 Å². The fourth-order valence-electron chi connectivity index (χ4n) is 1.66. The van der Waals surface area contributed by atoms with E-state index in [1.54, 1.807) is 24.3 Å². The van der Waals surface area contributed by atoms with Crippen molar-refractivity contribution in [3.63, 3.8) is 0 Å². The van der Waals surface area contributed by atoms with E-state index < -0.39 is 5.97 Å². The highest BCUT2D eigenvalue weighted by atomic mass is 79.9. The predicted molar refractivity (Wildman–Crippen MR) is 83.5 cm³/mol. The Hall–Kier alpha value is -1.72. The van der Waals surface area contributed by atoms with E-state index in [0.717, 1.165) is 0 Å². The van der Waals surface area contributed by atoms with Gasteiger partial charge in [0.2, 0.25) is 0 Å². The van der Waals surface area contributed by atoms with Gasteiger partial charge >= 0.3 is 5.97 Å². The third-order valence-corrected chi connectivity index (χ3v) is 3.41. The average Bonchev–Trinajstić information content (AvgIpc) is 2.46. The molecule has 110 valence electrons. The summed E-state index contributed by atoms with van der Waals surface area (Å²) in [4.78, 5) is 11.1. The summed E-state index contributed by atoms with van der Waals surface area (Å²) >= 11 is 9.18. The lowest BCUT2D eigenvalue weighted by atomic mass is 10.2. The highest BCUT2D eigenvalue weighted by Gasteiger charge is 2.11. The molecule has 21 heavy (non-hydrogen) atoms. The summed E-state index contributed by atoms with van der Waals surface area (Å²) in [5.41, 5.74) is 0.0992. The van der Waals surface area contributed by atoms with Gasteiger partial charge in [0.25, 0.3) is 0 Å². The van der Waals surface area contributed by atoms with Crippen molar-refractivity contribution in [2.24, 2.45) is 0 Å². The molecule has 4 nitrogen and oxygen atoms in total. The number of aromatic carboxylic acids is 1. The lowest BCUT2D eigenvalue weighted by molar-refractivity contribution is 0.0691. The number of benzene rings is 2. The van der Waals surface area contributed by atoms with Gasteiger partial charge in [0.15, 0.2) is 0 Å². The van der Waals surface area contributed by atoms with Crippen LogP contribution in [0.25, 0.3) is 0 Å². The van der Waals surface area contributed by atoms with E-state index in [4.69, 9.17) is 26.2 Å². The first kappa shape index (κ1) is 15.7. The number of carboxylic acids is 1. The molecule has 0 saturated carbocycles. The fraction of sp³-hybridized carbons (Fsp3) is 0.133. The second kappa shape index (κ2) is 7.33. The Balaban J connectivity index is 1.92. The van der Waals surface area contributed by atoms with E-state index in [1.165, 1.54) is 6.07 Å². The number of hydrogen-bond acceptors (Lipinski definition) is 3. The van der Waals surface area contributed by atoms with Gasteiger partial charge in [-0.25, -0.2) is 4.79 Å². The number of halogens is 2. The number of hydrogen-bond donors (Lipinski definition) is 1. The van der Waals surface area contributed by atoms with Crippen molar-refractivity contribution >= 4 is 33.5 Å². The van der Waals surface area contributed by atoms with Gasteiger partial charge < -0.3 is 14.6 Å². The molecule has 1 N–H and O–H groups in total. The first-order valence-corrected chi connectivity index (χ1v) is 7.28. The Kier molecular flexibility index (Phi) is 5.47. The predicted octanol–water partition coefficient (Wildman–Crippen LogP) is 4.26. The van der Waals surface area contributed by atoms with Gasteiger partial charge in [0, 0.05) is 4.47 Å². The van der Waals surface area contributed by atoms with Crippen LogP contribution in [0.3, 0.4) is 0 Å². The normalized spacial score (nSPS) is 10.2. The zero-order valence-electron chi connectivity index (χ0n) is 10.9. The molecule has 0 heterocycles. The molecule has 2 rings (SSSR count). The van der Waals surface area contributed by atoms with Crippen molar-refractivity contribution < 1.29 is 19.4 Å². The number of ether oxygens (including phenoxy) is 2. The SMILES string of the molecule is O=C(O)c1cc(Br)ccc1OCCOc1ccccc1Cl. The molecule has 0 radical (unpaired) electrons. The first-order valence-electron chi connectivity index (χ1n) is 6.11. The monoisotopic (exact) mass is 370 g/mol. The highest BCUT2D eigenvalue weighted by molar-refractivity contribution is 9.10. The third-order valence-electron chi connectivity index (χ3n) is 2.61. The van der Waals surface area contributed by atoms with Crippen molar-refractivity contribution in [1.29, 1.82) is 0 Å². The van der Waals surface area contributed by atoms with Gasteiger partial charge in [-0.1, -0.05) is 39.7 Å². The van der Waals surface area contributed by atoms with Crippen molar-refractivity contribution in [3.05, 3.63) is 57.5 Å². The minimum atomic E-state index is -1.04. The summed E-state index contributed by atoms with van der Waals surface area (Å²) in [6.07, 6.45) is 0. The van der Waals surface area contributed by atoms with Crippen molar-refractivity contribution in [1.82, 2.24) is 0 Å². The maximum absolute atomic E-state index is 11.1. The number of carboxylic acid groups (broad SMARTS) is 1. The summed E-state index contributed by atoms with van der Waals surface area (Å²) in [6.45, 7) is 0.478. The maximum Gasteiger partial charge on any atom is 0.339 e. The van der Waals surface area contributed by atoms with Gasteiger partial charge in [0.05, 0.1) is 5.02 Å². The molecule has 2 aromatic rings. The Bertz CT molecular complexity index is 645. The van der Waals surface area contributed by atoms with Crippen LogP contribution in [0.5, 0.6) is 11.5 Å². The van der Waals surface area contributed by atoms with Gasteiger partial charge in [-0.15, -0.1) is 0 Å². The zero-order chi connectivity index (χ0) is 15.2. The van der Waals surface area contributed by atoms with Crippen LogP contribution >= 0.6 is 27.5 Å². The molecule has 0 unspecified atom stereocenters. The van der Waals surface area contributed by atoms with Gasteiger partial charge in [-0.2, -0.15) is 0 Å². The molecule has 0 atom stereocenters. The summed E-state index contributed by atoms with van der Waals surface area (Å²) < 4.78 is 11.6. The lowest BCUT2D eigenvalue weighted by Crippen LogP contribution is -2.11. The van der Waals surface area contributed by atoms with E-state index in [-0.39, 0.29) is 18.8 Å². The van der Waals surface area contributed by atoms with Gasteiger partial charge in [-0.05, 0) is 30.3 Å². The van der Waals surface area contributed by atoms with Crippen molar-refractivity contribution in [3.8, 4) is 11.5 Å². The zero-order valence-corrected chi connectivity index (χ0v) is 13.2. The smallest absolute Gasteiger partial charge is 0.339 e. The summed E-state index contributed by atoms with van der Waals surface area (Å²) in [5, 5.41) is 9.63. The topological polar surface area (TPSA) is 55.8 Å². The molecule has 6 heteroatoms.